The Hall–Kier alpha value is -4.88. The molecule has 12 nitrogen and oxygen atoms in total. The summed E-state index contributed by atoms with van der Waals surface area (Å²) in [5.41, 5.74) is 11.0. The molecule has 1 heterocycles. The molecule has 1 saturated heterocycles. The second-order valence-electron chi connectivity index (χ2n) is 9.61. The predicted molar refractivity (Wildman–Crippen MR) is 161 cm³/mol. The van der Waals surface area contributed by atoms with E-state index >= 15 is 0 Å². The smallest absolute Gasteiger partial charge is 0.335 e. The van der Waals surface area contributed by atoms with Crippen LogP contribution < -0.4 is 31.0 Å². The summed E-state index contributed by atoms with van der Waals surface area (Å²) in [5.74, 6) is -0.908. The molecule has 1 aliphatic rings. The molecule has 0 saturated carbocycles. The van der Waals surface area contributed by atoms with Crippen LogP contribution in [0.5, 0.6) is 17.2 Å². The lowest BCUT2D eigenvalue weighted by molar-refractivity contribution is 0.0696. The van der Waals surface area contributed by atoms with E-state index in [2.05, 4.69) is 26.6 Å². The molecule has 1 amide bonds. The number of benzene rings is 3. The second-order valence-corrected chi connectivity index (χ2v) is 9.61. The number of hydrogen-bond acceptors (Lipinski definition) is 8. The number of halogens is 1. The molecule has 0 radical (unpaired) electrons. The number of hydrogen-bond donors (Lipinski definition) is 5. The number of piperazine rings is 1. The lowest BCUT2D eigenvalue weighted by Crippen LogP contribution is -2.45. The van der Waals surface area contributed by atoms with Crippen molar-refractivity contribution in [3.63, 3.8) is 0 Å². The summed E-state index contributed by atoms with van der Waals surface area (Å²) in [6.07, 6.45) is 0. The van der Waals surface area contributed by atoms with Crippen LogP contribution in [0.25, 0.3) is 0 Å². The first-order valence-corrected chi connectivity index (χ1v) is 13.3. The Morgan fingerprint density at radius 1 is 0.884 bits per heavy atom. The number of nitrogens with zero attached hydrogens (tertiary/aromatic N) is 2. The van der Waals surface area contributed by atoms with Crippen LogP contribution in [-0.2, 0) is 13.1 Å². The minimum Gasteiger partial charge on any atom is -0.493 e. The summed E-state index contributed by atoms with van der Waals surface area (Å²) < 4.78 is 30.7. The number of carbonyl (C=O) groups is 2. The molecule has 4 rings (SSSR count). The molecule has 1 fully saturated rings. The molecule has 0 atom stereocenters. The molecule has 3 aromatic carbocycles. The first-order valence-electron chi connectivity index (χ1n) is 13.3. The Morgan fingerprint density at radius 2 is 1.44 bits per heavy atom. The van der Waals surface area contributed by atoms with E-state index in [4.69, 9.17) is 19.6 Å². The molecule has 13 heteroatoms. The van der Waals surface area contributed by atoms with Crippen LogP contribution in [0, 0.1) is 11.2 Å². The molecule has 0 unspecified atom stereocenters. The van der Waals surface area contributed by atoms with Crippen LogP contribution in [0.15, 0.2) is 54.6 Å². The van der Waals surface area contributed by atoms with Gasteiger partial charge in [0.1, 0.15) is 5.82 Å². The average Bonchev–Trinajstić information content (AvgIpc) is 2.98. The van der Waals surface area contributed by atoms with Crippen LogP contribution in [0.2, 0.25) is 0 Å². The van der Waals surface area contributed by atoms with Crippen molar-refractivity contribution in [1.29, 1.82) is 5.41 Å². The molecule has 3 aromatic rings. The van der Waals surface area contributed by atoms with Gasteiger partial charge in [-0.3, -0.25) is 20.0 Å². The normalized spacial score (nSPS) is 13.3. The lowest BCUT2D eigenvalue weighted by Gasteiger charge is -2.35. The maximum absolute atomic E-state index is 14.2. The summed E-state index contributed by atoms with van der Waals surface area (Å²) in [7, 11) is 4.78. The van der Waals surface area contributed by atoms with Crippen LogP contribution in [0.3, 0.4) is 0 Å². The molecule has 0 aliphatic carbocycles. The van der Waals surface area contributed by atoms with E-state index in [1.165, 1.54) is 30.3 Å². The molecular formula is C30H37FN6O6. The van der Waals surface area contributed by atoms with Crippen molar-refractivity contribution in [1.82, 2.24) is 9.80 Å². The molecule has 43 heavy (non-hydrogen) atoms. The molecule has 230 valence electrons. The van der Waals surface area contributed by atoms with Gasteiger partial charge >= 0.3 is 5.97 Å². The number of amides is 1. The highest BCUT2D eigenvalue weighted by Gasteiger charge is 2.23. The van der Waals surface area contributed by atoms with Crippen LogP contribution in [-0.4, -0.2) is 80.3 Å². The van der Waals surface area contributed by atoms with Crippen molar-refractivity contribution >= 4 is 23.5 Å². The molecule has 1 aliphatic heterocycles. The van der Waals surface area contributed by atoms with Crippen LogP contribution in [0.1, 0.15) is 31.8 Å². The topological polar surface area (TPSA) is 176 Å². The first-order chi connectivity index (χ1) is 20.6. The first kappa shape index (κ1) is 32.6. The van der Waals surface area contributed by atoms with Gasteiger partial charge in [0.15, 0.2) is 17.5 Å². The summed E-state index contributed by atoms with van der Waals surface area (Å²) in [4.78, 5) is 28.9. The second kappa shape index (κ2) is 15.4. The third-order valence-corrected chi connectivity index (χ3v) is 6.76. The highest BCUT2D eigenvalue weighted by atomic mass is 19.1. The Balaban J connectivity index is 0.00000119. The zero-order chi connectivity index (χ0) is 31.5. The number of nitrogens with two attached hydrogens (primary N) is 2. The maximum atomic E-state index is 14.2. The van der Waals surface area contributed by atoms with Gasteiger partial charge in [-0.15, -0.1) is 0 Å². The maximum Gasteiger partial charge on any atom is 0.335 e. The quantitative estimate of drug-likeness (QED) is 0.173. The number of carboxylic acid groups (broad SMARTS) is 1. The number of nitrogens with one attached hydrogen (secondary N) is 2. The van der Waals surface area contributed by atoms with Crippen LogP contribution >= 0.6 is 0 Å². The number of guanidine groups is 1. The van der Waals surface area contributed by atoms with Gasteiger partial charge in [0.05, 0.1) is 32.5 Å². The molecule has 0 spiro atoms. The molecule has 0 aromatic heterocycles. The number of methoxy groups -OCH3 is 3. The fourth-order valence-corrected chi connectivity index (χ4v) is 4.67. The SMILES string of the molecule is COc1ccc(CN2CCN(Cc3ccc(C(=O)O)cc3NC(=O)c3ccccc3F)CC2)c(OC)c1OC.N=C(N)N. The Morgan fingerprint density at radius 3 is 1.98 bits per heavy atom. The van der Waals surface area contributed by atoms with Gasteiger partial charge in [0.2, 0.25) is 5.75 Å². The minimum atomic E-state index is -1.11. The minimum absolute atomic E-state index is 0.0382. The number of aromatic carboxylic acids is 1. The Kier molecular flexibility index (Phi) is 11.7. The van der Waals surface area contributed by atoms with Gasteiger partial charge in [-0.2, -0.15) is 0 Å². The zero-order valence-corrected chi connectivity index (χ0v) is 24.4. The van der Waals surface area contributed by atoms with E-state index in [0.29, 0.717) is 36.0 Å². The van der Waals surface area contributed by atoms with E-state index in [0.717, 1.165) is 37.3 Å². The van der Waals surface area contributed by atoms with Gasteiger partial charge in [0.25, 0.3) is 5.91 Å². The lowest BCUT2D eigenvalue weighted by atomic mass is 10.1. The van der Waals surface area contributed by atoms with Gasteiger partial charge in [-0.25, -0.2) is 9.18 Å². The van der Waals surface area contributed by atoms with E-state index < -0.39 is 17.7 Å². The number of anilines is 1. The van der Waals surface area contributed by atoms with Gasteiger partial charge in [0, 0.05) is 50.5 Å². The van der Waals surface area contributed by atoms with Crippen molar-refractivity contribution in [3.8, 4) is 17.2 Å². The van der Waals surface area contributed by atoms with Gasteiger partial charge < -0.3 is 36.1 Å². The fourth-order valence-electron chi connectivity index (χ4n) is 4.67. The van der Waals surface area contributed by atoms with E-state index in [1.54, 1.807) is 33.5 Å². The fraction of sp³-hybridized carbons (Fsp3) is 0.300. The summed E-state index contributed by atoms with van der Waals surface area (Å²) in [6.45, 7) is 4.28. The van der Waals surface area contributed by atoms with Crippen molar-refractivity contribution in [2.45, 2.75) is 13.1 Å². The summed E-state index contributed by atoms with van der Waals surface area (Å²) in [5, 5.41) is 18.2. The zero-order valence-electron chi connectivity index (χ0n) is 24.4. The van der Waals surface area contributed by atoms with Crippen molar-refractivity contribution in [3.05, 3.63) is 82.7 Å². The standard InChI is InChI=1S/C29H32FN3O6.CH5N3/c1-37-25-11-10-21(26(38-2)27(25)39-3)18-33-14-12-32(13-15-33)17-20-9-8-19(29(35)36)16-24(20)31-28(34)22-6-4-5-7-23(22)30;2-1(3)4/h4-11,16H,12-15,17-18H2,1-3H3,(H,31,34)(H,35,36);(H5,2,3,4). The van der Waals surface area contributed by atoms with Crippen LogP contribution in [0.4, 0.5) is 10.1 Å². The van der Waals surface area contributed by atoms with E-state index in [1.807, 2.05) is 12.1 Å². The summed E-state index contributed by atoms with van der Waals surface area (Å²) >= 11 is 0. The molecule has 0 bridgehead atoms. The van der Waals surface area contributed by atoms with Crippen molar-refractivity contribution < 1.29 is 33.3 Å². The van der Waals surface area contributed by atoms with Crippen molar-refractivity contribution in [2.75, 3.05) is 52.8 Å². The predicted octanol–water partition coefficient (Wildman–Crippen LogP) is 2.96. The average molecular weight is 597 g/mol. The highest BCUT2D eigenvalue weighted by molar-refractivity contribution is 6.05. The summed E-state index contributed by atoms with van der Waals surface area (Å²) in [6, 6.07) is 14.1. The van der Waals surface area contributed by atoms with Gasteiger partial charge in [-0.05, 0) is 35.9 Å². The number of carbonyl (C=O) groups excluding carboxylic acids is 1. The number of ether oxygens (including phenoxy) is 3. The van der Waals surface area contributed by atoms with Crippen molar-refractivity contribution in [2.24, 2.45) is 11.5 Å². The number of rotatable bonds is 10. The molecular weight excluding hydrogens is 559 g/mol. The third-order valence-electron chi connectivity index (χ3n) is 6.76. The Bertz CT molecular complexity index is 1440. The van der Waals surface area contributed by atoms with Gasteiger partial charge in [-0.1, -0.05) is 24.3 Å². The Labute approximate surface area is 249 Å². The van der Waals surface area contributed by atoms with E-state index in [9.17, 15) is 19.1 Å². The van der Waals surface area contributed by atoms with E-state index in [-0.39, 0.29) is 17.1 Å². The largest absolute Gasteiger partial charge is 0.493 e. The monoisotopic (exact) mass is 596 g/mol. The third kappa shape index (κ3) is 8.80. The highest BCUT2D eigenvalue weighted by Crippen LogP contribution is 2.40. The number of carboxylic acids is 1. The molecule has 7 N–H and O–H groups in total.